The summed E-state index contributed by atoms with van der Waals surface area (Å²) in [6, 6.07) is 3.56. The van der Waals surface area contributed by atoms with E-state index in [-0.39, 0.29) is 21.4 Å². The largest absolute Gasteiger partial charge is 0.380 e. The number of nitrogens with two attached hydrogens (primary N) is 1. The fourth-order valence-corrected chi connectivity index (χ4v) is 3.39. The third kappa shape index (κ3) is 4.93. The molecule has 1 unspecified atom stereocenters. The van der Waals surface area contributed by atoms with Gasteiger partial charge in [-0.15, -0.1) is 0 Å². The Morgan fingerprint density at radius 1 is 1.30 bits per heavy atom. The highest BCUT2D eigenvalue weighted by molar-refractivity contribution is 7.91. The van der Waals surface area contributed by atoms with Crippen molar-refractivity contribution in [2.45, 2.75) is 24.8 Å². The minimum atomic E-state index is -3.83. The molecule has 0 saturated heterocycles. The standard InChI is InChI=1S/C11H17ClN2O4S2/c1-3-19(15,16)7-8(2)14-11-6-9(20(13,17)18)4-5-10(11)12/h4-6,8,14H,3,7H2,1-2H3,(H2,13,17,18). The number of hydrogen-bond donors (Lipinski definition) is 2. The molecule has 9 heteroatoms. The molecule has 0 aromatic heterocycles. The lowest BCUT2D eigenvalue weighted by molar-refractivity contribution is 0.592. The molecule has 0 radical (unpaired) electrons. The van der Waals surface area contributed by atoms with E-state index in [1.54, 1.807) is 13.8 Å². The van der Waals surface area contributed by atoms with Crippen LogP contribution < -0.4 is 10.5 Å². The summed E-state index contributed by atoms with van der Waals surface area (Å²) in [7, 11) is -6.97. The van der Waals surface area contributed by atoms with Crippen molar-refractivity contribution in [3.05, 3.63) is 23.2 Å². The van der Waals surface area contributed by atoms with Crippen molar-refractivity contribution in [2.24, 2.45) is 5.14 Å². The Balaban J connectivity index is 2.98. The number of benzene rings is 1. The predicted octanol–water partition coefficient (Wildman–Crippen LogP) is 1.22. The number of halogens is 1. The maximum absolute atomic E-state index is 11.5. The number of sulfone groups is 1. The summed E-state index contributed by atoms with van der Waals surface area (Å²) in [5.74, 6) is -0.0244. The number of anilines is 1. The molecule has 0 amide bonds. The number of primary sulfonamides is 1. The minimum absolute atomic E-state index is 0.0456. The second-order valence-electron chi connectivity index (χ2n) is 4.43. The van der Waals surface area contributed by atoms with E-state index in [0.29, 0.717) is 5.69 Å². The molecule has 1 aromatic rings. The molecule has 3 N–H and O–H groups in total. The predicted molar refractivity (Wildman–Crippen MR) is 80.2 cm³/mol. The Kier molecular flexibility index (Phi) is 5.42. The van der Waals surface area contributed by atoms with Crippen LogP contribution in [0.2, 0.25) is 5.02 Å². The van der Waals surface area contributed by atoms with Crippen LogP contribution in [0.1, 0.15) is 13.8 Å². The van der Waals surface area contributed by atoms with Crippen LogP contribution in [0.3, 0.4) is 0 Å². The van der Waals surface area contributed by atoms with Gasteiger partial charge in [0.15, 0.2) is 9.84 Å². The van der Waals surface area contributed by atoms with Crippen LogP contribution in [0.4, 0.5) is 5.69 Å². The Morgan fingerprint density at radius 2 is 1.90 bits per heavy atom. The first-order valence-electron chi connectivity index (χ1n) is 5.84. The summed E-state index contributed by atoms with van der Waals surface area (Å²) >= 11 is 5.95. The van der Waals surface area contributed by atoms with Gasteiger partial charge in [0.1, 0.15) is 0 Å². The molecule has 1 aromatic carbocycles. The lowest BCUT2D eigenvalue weighted by atomic mass is 10.3. The molecular formula is C11H17ClN2O4S2. The van der Waals surface area contributed by atoms with E-state index < -0.39 is 25.9 Å². The maximum Gasteiger partial charge on any atom is 0.238 e. The van der Waals surface area contributed by atoms with Crippen LogP contribution in [0.15, 0.2) is 23.1 Å². The highest BCUT2D eigenvalue weighted by atomic mass is 35.5. The van der Waals surface area contributed by atoms with Gasteiger partial charge in [-0.3, -0.25) is 0 Å². The van der Waals surface area contributed by atoms with E-state index in [1.807, 2.05) is 0 Å². The normalized spacial score (nSPS) is 14.0. The van der Waals surface area contributed by atoms with Gasteiger partial charge in [0.05, 0.1) is 21.4 Å². The van der Waals surface area contributed by atoms with Gasteiger partial charge in [0.25, 0.3) is 0 Å². The topological polar surface area (TPSA) is 106 Å². The average Bonchev–Trinajstić information content (AvgIpc) is 2.30. The Morgan fingerprint density at radius 3 is 2.40 bits per heavy atom. The summed E-state index contributed by atoms with van der Waals surface area (Å²) in [6.07, 6.45) is 0. The van der Waals surface area contributed by atoms with Crippen molar-refractivity contribution < 1.29 is 16.8 Å². The Labute approximate surface area is 124 Å². The van der Waals surface area contributed by atoms with Crippen LogP contribution in [-0.2, 0) is 19.9 Å². The molecule has 20 heavy (non-hydrogen) atoms. The first kappa shape index (κ1) is 17.2. The summed E-state index contributed by atoms with van der Waals surface area (Å²) in [4.78, 5) is -0.0880. The first-order valence-corrected chi connectivity index (χ1v) is 9.59. The van der Waals surface area contributed by atoms with Gasteiger partial charge in [0, 0.05) is 11.8 Å². The van der Waals surface area contributed by atoms with Crippen LogP contribution in [0, 0.1) is 0 Å². The second kappa shape index (κ2) is 6.30. The van der Waals surface area contributed by atoms with Gasteiger partial charge in [-0.05, 0) is 25.1 Å². The summed E-state index contributed by atoms with van der Waals surface area (Å²) in [5, 5.41) is 8.21. The van der Waals surface area contributed by atoms with Gasteiger partial charge in [-0.25, -0.2) is 22.0 Å². The highest BCUT2D eigenvalue weighted by Gasteiger charge is 2.16. The number of sulfonamides is 1. The fourth-order valence-electron chi connectivity index (χ4n) is 1.60. The fraction of sp³-hybridized carbons (Fsp3) is 0.455. The summed E-state index contributed by atoms with van der Waals surface area (Å²) in [6.45, 7) is 3.24. The van der Waals surface area contributed by atoms with E-state index in [4.69, 9.17) is 16.7 Å². The zero-order valence-electron chi connectivity index (χ0n) is 11.1. The van der Waals surface area contributed by atoms with E-state index in [9.17, 15) is 16.8 Å². The molecule has 1 atom stereocenters. The van der Waals surface area contributed by atoms with Crippen LogP contribution in [-0.4, -0.2) is 34.4 Å². The Hall–Kier alpha value is -0.830. The number of rotatable bonds is 6. The van der Waals surface area contributed by atoms with Crippen molar-refractivity contribution in [1.82, 2.24) is 0 Å². The lowest BCUT2D eigenvalue weighted by Gasteiger charge is -2.16. The molecule has 6 nitrogen and oxygen atoms in total. The van der Waals surface area contributed by atoms with Crippen molar-refractivity contribution in [3.63, 3.8) is 0 Å². The zero-order chi connectivity index (χ0) is 15.6. The molecule has 0 aliphatic heterocycles. The highest BCUT2D eigenvalue weighted by Crippen LogP contribution is 2.25. The van der Waals surface area contributed by atoms with Crippen molar-refractivity contribution >= 4 is 37.1 Å². The SMILES string of the molecule is CCS(=O)(=O)CC(C)Nc1cc(S(N)(=O)=O)ccc1Cl. The average molecular weight is 341 g/mol. The van der Waals surface area contributed by atoms with Crippen molar-refractivity contribution in [3.8, 4) is 0 Å². The van der Waals surface area contributed by atoms with E-state index in [1.165, 1.54) is 18.2 Å². The maximum atomic E-state index is 11.5. The number of nitrogens with one attached hydrogen (secondary N) is 1. The molecule has 0 spiro atoms. The Bertz CT molecular complexity index is 686. The molecule has 0 aliphatic carbocycles. The van der Waals surface area contributed by atoms with Gasteiger partial charge < -0.3 is 5.32 Å². The molecule has 0 saturated carbocycles. The molecule has 114 valence electrons. The van der Waals surface area contributed by atoms with Crippen LogP contribution in [0.25, 0.3) is 0 Å². The molecule has 0 aliphatic rings. The van der Waals surface area contributed by atoms with Gasteiger partial charge >= 0.3 is 0 Å². The van der Waals surface area contributed by atoms with E-state index >= 15 is 0 Å². The van der Waals surface area contributed by atoms with Crippen molar-refractivity contribution in [2.75, 3.05) is 16.8 Å². The quantitative estimate of drug-likeness (QED) is 0.809. The first-order chi connectivity index (χ1) is 9.05. The van der Waals surface area contributed by atoms with E-state index in [2.05, 4.69) is 5.32 Å². The summed E-state index contributed by atoms with van der Waals surface area (Å²) < 4.78 is 45.6. The monoisotopic (exact) mass is 340 g/mol. The molecular weight excluding hydrogens is 324 g/mol. The minimum Gasteiger partial charge on any atom is -0.380 e. The lowest BCUT2D eigenvalue weighted by Crippen LogP contribution is -2.27. The van der Waals surface area contributed by atoms with Crippen molar-refractivity contribution in [1.29, 1.82) is 0 Å². The van der Waals surface area contributed by atoms with Gasteiger partial charge in [-0.2, -0.15) is 0 Å². The molecule has 0 bridgehead atoms. The third-order valence-corrected chi connectivity index (χ3v) is 5.74. The summed E-state index contributed by atoms with van der Waals surface area (Å²) in [5.41, 5.74) is 0.331. The van der Waals surface area contributed by atoms with Crippen LogP contribution >= 0.6 is 11.6 Å². The van der Waals surface area contributed by atoms with Gasteiger partial charge in [-0.1, -0.05) is 18.5 Å². The third-order valence-electron chi connectivity index (χ3n) is 2.61. The smallest absolute Gasteiger partial charge is 0.238 e. The molecule has 0 heterocycles. The number of hydrogen-bond acceptors (Lipinski definition) is 5. The van der Waals surface area contributed by atoms with Crippen LogP contribution in [0.5, 0.6) is 0 Å². The van der Waals surface area contributed by atoms with E-state index in [0.717, 1.165) is 0 Å². The molecule has 1 rings (SSSR count). The second-order valence-corrected chi connectivity index (χ2v) is 8.80. The molecule has 0 fully saturated rings. The van der Waals surface area contributed by atoms with Gasteiger partial charge in [0.2, 0.25) is 10.0 Å². The zero-order valence-corrected chi connectivity index (χ0v) is 13.5.